The lowest BCUT2D eigenvalue weighted by molar-refractivity contribution is -0.126. The molecule has 1 heterocycles. The maximum atomic E-state index is 12.5. The van der Waals surface area contributed by atoms with Crippen LogP contribution in [0.2, 0.25) is 0 Å². The van der Waals surface area contributed by atoms with Crippen LogP contribution in [0.3, 0.4) is 0 Å². The topological polar surface area (TPSA) is 58.6 Å². The molecule has 1 fully saturated rings. The molecule has 5 heteroatoms. The van der Waals surface area contributed by atoms with E-state index in [0.717, 1.165) is 22.6 Å². The van der Waals surface area contributed by atoms with Crippen molar-refractivity contribution in [2.24, 2.45) is 5.92 Å². The summed E-state index contributed by atoms with van der Waals surface area (Å²) in [7, 11) is 0. The number of benzene rings is 2. The van der Waals surface area contributed by atoms with E-state index in [4.69, 9.17) is 4.74 Å². The second kappa shape index (κ2) is 8.25. The number of nitrogens with one attached hydrogen (secondary N) is 1. The minimum Gasteiger partial charge on any atom is -0.491 e. The lowest BCUT2D eigenvalue weighted by Crippen LogP contribution is -2.32. The van der Waals surface area contributed by atoms with Gasteiger partial charge in [0.15, 0.2) is 0 Å². The predicted molar refractivity (Wildman–Crippen MR) is 106 cm³/mol. The Bertz CT molecular complexity index is 815. The van der Waals surface area contributed by atoms with Crippen molar-refractivity contribution in [3.05, 3.63) is 59.7 Å². The summed E-state index contributed by atoms with van der Waals surface area (Å²) in [5.74, 6) is 0.346. The van der Waals surface area contributed by atoms with Gasteiger partial charge in [-0.15, -0.1) is 0 Å². The van der Waals surface area contributed by atoms with Crippen LogP contribution in [0.1, 0.15) is 31.4 Å². The van der Waals surface area contributed by atoms with Crippen LogP contribution < -0.4 is 15.0 Å². The molecule has 5 nitrogen and oxygen atoms in total. The fourth-order valence-electron chi connectivity index (χ4n) is 3.24. The molecule has 0 aromatic heterocycles. The molecular formula is C22H26N2O3. The SMILES string of the molecule is Cc1ccccc1CNC(=O)C1CC(=O)N(c2ccc(OC(C)C)cc2)C1. The molecule has 0 saturated carbocycles. The van der Waals surface area contributed by atoms with E-state index in [1.54, 1.807) is 4.90 Å². The van der Waals surface area contributed by atoms with E-state index in [1.165, 1.54) is 0 Å². The van der Waals surface area contributed by atoms with Crippen LogP contribution in [-0.2, 0) is 16.1 Å². The highest BCUT2D eigenvalue weighted by atomic mass is 16.5. The number of rotatable bonds is 6. The summed E-state index contributed by atoms with van der Waals surface area (Å²) in [6, 6.07) is 15.4. The molecule has 1 atom stereocenters. The summed E-state index contributed by atoms with van der Waals surface area (Å²) in [6.07, 6.45) is 0.342. The Morgan fingerprint density at radius 3 is 2.56 bits per heavy atom. The Hall–Kier alpha value is -2.82. The van der Waals surface area contributed by atoms with E-state index in [0.29, 0.717) is 13.1 Å². The van der Waals surface area contributed by atoms with E-state index < -0.39 is 0 Å². The largest absolute Gasteiger partial charge is 0.491 e. The predicted octanol–water partition coefficient (Wildman–Crippen LogP) is 3.45. The van der Waals surface area contributed by atoms with Gasteiger partial charge in [-0.3, -0.25) is 9.59 Å². The van der Waals surface area contributed by atoms with Crippen LogP contribution in [0.5, 0.6) is 5.75 Å². The van der Waals surface area contributed by atoms with Crippen LogP contribution in [0.15, 0.2) is 48.5 Å². The minimum absolute atomic E-state index is 0.0245. The van der Waals surface area contributed by atoms with Crippen molar-refractivity contribution in [2.75, 3.05) is 11.4 Å². The first kappa shape index (κ1) is 19.0. The molecule has 142 valence electrons. The van der Waals surface area contributed by atoms with Crippen molar-refractivity contribution >= 4 is 17.5 Å². The van der Waals surface area contributed by atoms with E-state index in [9.17, 15) is 9.59 Å². The molecule has 1 aliphatic heterocycles. The summed E-state index contributed by atoms with van der Waals surface area (Å²) in [4.78, 5) is 26.6. The number of carbonyl (C=O) groups excluding carboxylic acids is 2. The smallest absolute Gasteiger partial charge is 0.227 e. The number of hydrogen-bond donors (Lipinski definition) is 1. The number of nitrogens with zero attached hydrogens (tertiary/aromatic N) is 1. The third-order valence-electron chi connectivity index (χ3n) is 4.73. The first-order valence-corrected chi connectivity index (χ1v) is 9.33. The summed E-state index contributed by atoms with van der Waals surface area (Å²) in [5.41, 5.74) is 3.03. The molecule has 2 amide bonds. The van der Waals surface area contributed by atoms with Gasteiger partial charge >= 0.3 is 0 Å². The van der Waals surface area contributed by atoms with Gasteiger partial charge in [0, 0.05) is 25.2 Å². The number of anilines is 1. The first-order chi connectivity index (χ1) is 12.9. The average molecular weight is 366 g/mol. The van der Waals surface area contributed by atoms with Gasteiger partial charge in [-0.2, -0.15) is 0 Å². The van der Waals surface area contributed by atoms with Crippen molar-refractivity contribution in [1.82, 2.24) is 5.32 Å². The Balaban J connectivity index is 1.59. The Morgan fingerprint density at radius 1 is 1.19 bits per heavy atom. The molecular weight excluding hydrogens is 340 g/mol. The highest BCUT2D eigenvalue weighted by Crippen LogP contribution is 2.27. The second-order valence-electron chi connectivity index (χ2n) is 7.21. The number of ether oxygens (including phenoxy) is 1. The average Bonchev–Trinajstić information content (AvgIpc) is 3.03. The van der Waals surface area contributed by atoms with Gasteiger partial charge in [0.2, 0.25) is 11.8 Å². The Morgan fingerprint density at radius 2 is 1.89 bits per heavy atom. The fraction of sp³-hybridized carbons (Fsp3) is 0.364. The standard InChI is InChI=1S/C22H26N2O3/c1-15(2)27-20-10-8-19(9-11-20)24-14-18(12-21(24)25)22(26)23-13-17-7-5-4-6-16(17)3/h4-11,15,18H,12-14H2,1-3H3,(H,23,26). The first-order valence-electron chi connectivity index (χ1n) is 9.33. The van der Waals surface area contributed by atoms with Gasteiger partial charge in [0.05, 0.1) is 12.0 Å². The van der Waals surface area contributed by atoms with Crippen LogP contribution in [0, 0.1) is 12.8 Å². The highest BCUT2D eigenvalue weighted by molar-refractivity contribution is 6.00. The lowest BCUT2D eigenvalue weighted by atomic mass is 10.1. The summed E-state index contributed by atoms with van der Waals surface area (Å²) in [6.45, 7) is 6.85. The van der Waals surface area contributed by atoms with Crippen LogP contribution in [0.4, 0.5) is 5.69 Å². The zero-order chi connectivity index (χ0) is 19.4. The van der Waals surface area contributed by atoms with Crippen molar-refractivity contribution in [1.29, 1.82) is 0 Å². The molecule has 0 spiro atoms. The zero-order valence-electron chi connectivity index (χ0n) is 16.1. The molecule has 0 radical (unpaired) electrons. The Labute approximate surface area is 160 Å². The third-order valence-corrected chi connectivity index (χ3v) is 4.73. The summed E-state index contributed by atoms with van der Waals surface area (Å²) in [5, 5.41) is 2.97. The molecule has 1 saturated heterocycles. The second-order valence-corrected chi connectivity index (χ2v) is 7.21. The molecule has 0 aliphatic carbocycles. The van der Waals surface area contributed by atoms with Gasteiger partial charge in [0.1, 0.15) is 5.75 Å². The highest BCUT2D eigenvalue weighted by Gasteiger charge is 2.35. The summed E-state index contributed by atoms with van der Waals surface area (Å²) >= 11 is 0. The molecule has 2 aromatic rings. The molecule has 1 N–H and O–H groups in total. The maximum absolute atomic E-state index is 12.5. The quantitative estimate of drug-likeness (QED) is 0.852. The van der Waals surface area contributed by atoms with Crippen LogP contribution in [-0.4, -0.2) is 24.5 Å². The van der Waals surface area contributed by atoms with Gasteiger partial charge < -0.3 is 15.0 Å². The van der Waals surface area contributed by atoms with Crippen molar-refractivity contribution in [3.8, 4) is 5.75 Å². The molecule has 0 bridgehead atoms. The minimum atomic E-state index is -0.326. The number of aryl methyl sites for hydroxylation is 1. The van der Waals surface area contributed by atoms with E-state index in [2.05, 4.69) is 5.32 Å². The van der Waals surface area contributed by atoms with Gasteiger partial charge in [-0.25, -0.2) is 0 Å². The lowest BCUT2D eigenvalue weighted by Gasteiger charge is -2.18. The van der Waals surface area contributed by atoms with Gasteiger partial charge in [-0.1, -0.05) is 24.3 Å². The molecule has 1 unspecified atom stereocenters. The molecule has 1 aliphatic rings. The van der Waals surface area contributed by atoms with E-state index in [1.807, 2.05) is 69.3 Å². The van der Waals surface area contributed by atoms with Crippen molar-refractivity contribution < 1.29 is 14.3 Å². The number of hydrogen-bond acceptors (Lipinski definition) is 3. The van der Waals surface area contributed by atoms with Crippen LogP contribution in [0.25, 0.3) is 0 Å². The molecule has 3 rings (SSSR count). The Kier molecular flexibility index (Phi) is 5.79. The molecule has 2 aromatic carbocycles. The van der Waals surface area contributed by atoms with Gasteiger partial charge in [0.25, 0.3) is 0 Å². The fourth-order valence-corrected chi connectivity index (χ4v) is 3.24. The summed E-state index contributed by atoms with van der Waals surface area (Å²) < 4.78 is 5.63. The third kappa shape index (κ3) is 4.67. The van der Waals surface area contributed by atoms with E-state index >= 15 is 0 Å². The maximum Gasteiger partial charge on any atom is 0.227 e. The molecule has 27 heavy (non-hydrogen) atoms. The van der Waals surface area contributed by atoms with E-state index in [-0.39, 0.29) is 30.3 Å². The van der Waals surface area contributed by atoms with Gasteiger partial charge in [-0.05, 0) is 56.2 Å². The normalized spacial score (nSPS) is 16.7. The van der Waals surface area contributed by atoms with Crippen molar-refractivity contribution in [3.63, 3.8) is 0 Å². The van der Waals surface area contributed by atoms with Crippen molar-refractivity contribution in [2.45, 2.75) is 39.8 Å². The monoisotopic (exact) mass is 366 g/mol. The van der Waals surface area contributed by atoms with Crippen LogP contribution >= 0.6 is 0 Å². The number of carbonyl (C=O) groups is 2. The zero-order valence-corrected chi connectivity index (χ0v) is 16.1. The number of amides is 2.